The van der Waals surface area contributed by atoms with Gasteiger partial charge in [-0.2, -0.15) is 5.10 Å². The highest BCUT2D eigenvalue weighted by atomic mass is 32.1. The molecular formula is C13H17N5S. The molecule has 19 heavy (non-hydrogen) atoms. The van der Waals surface area contributed by atoms with Crippen LogP contribution in [-0.4, -0.2) is 19.8 Å². The molecule has 0 amide bonds. The maximum Gasteiger partial charge on any atom is 0.122 e. The molecule has 0 saturated heterocycles. The van der Waals surface area contributed by atoms with Gasteiger partial charge in [-0.1, -0.05) is 12.2 Å². The van der Waals surface area contributed by atoms with Crippen molar-refractivity contribution in [2.75, 3.05) is 5.32 Å². The van der Waals surface area contributed by atoms with E-state index in [-0.39, 0.29) is 0 Å². The van der Waals surface area contributed by atoms with Crippen molar-refractivity contribution < 1.29 is 0 Å². The summed E-state index contributed by atoms with van der Waals surface area (Å²) in [7, 11) is 1.95. The van der Waals surface area contributed by atoms with Gasteiger partial charge in [0, 0.05) is 24.8 Å². The van der Waals surface area contributed by atoms with E-state index in [2.05, 4.69) is 22.3 Å². The lowest BCUT2D eigenvalue weighted by molar-refractivity contribution is 0.730. The first-order chi connectivity index (χ1) is 8.99. The number of pyridine rings is 1. The van der Waals surface area contributed by atoms with Gasteiger partial charge in [0.25, 0.3) is 0 Å². The summed E-state index contributed by atoms with van der Waals surface area (Å²) in [4.78, 5) is 4.50. The minimum Gasteiger partial charge on any atom is -0.388 e. The number of nitrogens with zero attached hydrogens (tertiary/aromatic N) is 3. The Morgan fingerprint density at radius 3 is 2.63 bits per heavy atom. The van der Waals surface area contributed by atoms with Crippen molar-refractivity contribution in [1.82, 2.24) is 14.8 Å². The number of hydrogen-bond donors (Lipinski definition) is 2. The van der Waals surface area contributed by atoms with Gasteiger partial charge in [0.15, 0.2) is 0 Å². The van der Waals surface area contributed by atoms with Crippen LogP contribution in [0, 0.1) is 13.8 Å². The van der Waals surface area contributed by atoms with Crippen molar-refractivity contribution in [1.29, 1.82) is 0 Å². The molecule has 0 bridgehead atoms. The predicted molar refractivity (Wildman–Crippen MR) is 80.1 cm³/mol. The lowest BCUT2D eigenvalue weighted by Crippen LogP contribution is -2.11. The lowest BCUT2D eigenvalue weighted by Gasteiger charge is -2.07. The van der Waals surface area contributed by atoms with Gasteiger partial charge in [-0.15, -0.1) is 0 Å². The molecule has 0 aliphatic heterocycles. The summed E-state index contributed by atoms with van der Waals surface area (Å²) >= 11 is 4.87. The first-order valence-electron chi connectivity index (χ1n) is 5.98. The SMILES string of the molecule is Cc1nn(C)c(C)c1CNc1ccc(C(N)=S)nc1. The van der Waals surface area contributed by atoms with Crippen LogP contribution in [0.4, 0.5) is 5.69 Å². The summed E-state index contributed by atoms with van der Waals surface area (Å²) in [6, 6.07) is 3.73. The van der Waals surface area contributed by atoms with E-state index in [0.717, 1.165) is 23.6 Å². The molecule has 5 nitrogen and oxygen atoms in total. The molecule has 3 N–H and O–H groups in total. The third kappa shape index (κ3) is 2.90. The van der Waals surface area contributed by atoms with E-state index < -0.39 is 0 Å². The van der Waals surface area contributed by atoms with Gasteiger partial charge in [-0.3, -0.25) is 9.67 Å². The van der Waals surface area contributed by atoms with Crippen LogP contribution in [0.2, 0.25) is 0 Å². The number of aromatic nitrogens is 3. The van der Waals surface area contributed by atoms with E-state index in [4.69, 9.17) is 18.0 Å². The van der Waals surface area contributed by atoms with Crippen LogP contribution >= 0.6 is 12.2 Å². The highest BCUT2D eigenvalue weighted by molar-refractivity contribution is 7.80. The van der Waals surface area contributed by atoms with Gasteiger partial charge in [0.2, 0.25) is 0 Å². The fourth-order valence-corrected chi connectivity index (χ4v) is 2.03. The molecule has 0 atom stereocenters. The standard InChI is InChI=1S/C13H17N5S/c1-8-11(9(2)18(3)17-8)7-15-10-4-5-12(13(14)19)16-6-10/h4-6,15H,7H2,1-3H3,(H2,14,19). The van der Waals surface area contributed by atoms with Crippen molar-refractivity contribution in [3.05, 3.63) is 41.0 Å². The molecule has 2 rings (SSSR count). The third-order valence-electron chi connectivity index (χ3n) is 3.14. The van der Waals surface area contributed by atoms with Gasteiger partial charge >= 0.3 is 0 Å². The molecule has 0 spiro atoms. The van der Waals surface area contributed by atoms with E-state index in [0.29, 0.717) is 10.7 Å². The Kier molecular flexibility index (Phi) is 3.80. The molecule has 0 radical (unpaired) electrons. The molecule has 0 aromatic carbocycles. The number of anilines is 1. The van der Waals surface area contributed by atoms with Gasteiger partial charge in [-0.25, -0.2) is 0 Å². The van der Waals surface area contributed by atoms with Gasteiger partial charge in [-0.05, 0) is 26.0 Å². The van der Waals surface area contributed by atoms with E-state index >= 15 is 0 Å². The molecule has 0 fully saturated rings. The largest absolute Gasteiger partial charge is 0.388 e. The highest BCUT2D eigenvalue weighted by Gasteiger charge is 2.08. The van der Waals surface area contributed by atoms with Gasteiger partial charge < -0.3 is 11.1 Å². The molecule has 6 heteroatoms. The summed E-state index contributed by atoms with van der Waals surface area (Å²) in [5.74, 6) is 0. The van der Waals surface area contributed by atoms with Crippen molar-refractivity contribution in [3.63, 3.8) is 0 Å². The first kappa shape index (κ1) is 13.5. The van der Waals surface area contributed by atoms with Crippen molar-refractivity contribution in [3.8, 4) is 0 Å². The Morgan fingerprint density at radius 1 is 1.42 bits per heavy atom. The smallest absolute Gasteiger partial charge is 0.122 e. The third-order valence-corrected chi connectivity index (χ3v) is 3.35. The topological polar surface area (TPSA) is 68.8 Å². The number of nitrogens with one attached hydrogen (secondary N) is 1. The Morgan fingerprint density at radius 2 is 2.16 bits per heavy atom. The normalized spacial score (nSPS) is 10.5. The summed E-state index contributed by atoms with van der Waals surface area (Å²) in [5, 5.41) is 7.71. The van der Waals surface area contributed by atoms with Gasteiger partial charge in [0.1, 0.15) is 4.99 Å². The quantitative estimate of drug-likeness (QED) is 0.831. The Bertz CT molecular complexity index is 600. The zero-order valence-electron chi connectivity index (χ0n) is 11.3. The molecule has 0 saturated carbocycles. The molecule has 2 aromatic rings. The first-order valence-corrected chi connectivity index (χ1v) is 6.38. The summed E-state index contributed by atoms with van der Waals surface area (Å²) < 4.78 is 1.89. The Hall–Kier alpha value is -1.95. The van der Waals surface area contributed by atoms with Crippen LogP contribution in [0.25, 0.3) is 0 Å². The van der Waals surface area contributed by atoms with E-state index in [9.17, 15) is 0 Å². The molecule has 0 aliphatic carbocycles. The van der Waals surface area contributed by atoms with Crippen LogP contribution in [0.1, 0.15) is 22.6 Å². The van der Waals surface area contributed by atoms with Crippen molar-refractivity contribution in [2.45, 2.75) is 20.4 Å². The van der Waals surface area contributed by atoms with Crippen LogP contribution in [0.5, 0.6) is 0 Å². The second-order valence-electron chi connectivity index (χ2n) is 4.42. The number of rotatable bonds is 4. The highest BCUT2D eigenvalue weighted by Crippen LogP contribution is 2.14. The van der Waals surface area contributed by atoms with Crippen LogP contribution in [-0.2, 0) is 13.6 Å². The fraction of sp³-hybridized carbons (Fsp3) is 0.308. The number of hydrogen-bond acceptors (Lipinski definition) is 4. The zero-order chi connectivity index (χ0) is 14.0. The van der Waals surface area contributed by atoms with Crippen LogP contribution < -0.4 is 11.1 Å². The maximum absolute atomic E-state index is 5.51. The second-order valence-corrected chi connectivity index (χ2v) is 4.86. The van der Waals surface area contributed by atoms with Crippen molar-refractivity contribution in [2.24, 2.45) is 12.8 Å². The number of aryl methyl sites for hydroxylation is 2. The molecule has 0 unspecified atom stereocenters. The average molecular weight is 275 g/mol. The lowest BCUT2D eigenvalue weighted by atomic mass is 10.2. The fourth-order valence-electron chi connectivity index (χ4n) is 1.91. The second kappa shape index (κ2) is 5.36. The summed E-state index contributed by atoms with van der Waals surface area (Å²) in [5.41, 5.74) is 10.5. The number of nitrogens with two attached hydrogens (primary N) is 1. The van der Waals surface area contributed by atoms with Crippen molar-refractivity contribution >= 4 is 22.9 Å². The predicted octanol–water partition coefficient (Wildman–Crippen LogP) is 1.68. The molecule has 2 heterocycles. The number of thiocarbonyl (C=S) groups is 1. The minimum absolute atomic E-state index is 0.311. The maximum atomic E-state index is 5.51. The van der Waals surface area contributed by atoms with Gasteiger partial charge in [0.05, 0.1) is 23.3 Å². The summed E-state index contributed by atoms with van der Waals surface area (Å²) in [6.45, 7) is 4.79. The minimum atomic E-state index is 0.311. The van der Waals surface area contributed by atoms with E-state index in [1.54, 1.807) is 6.20 Å². The Balaban J connectivity index is 2.08. The van der Waals surface area contributed by atoms with E-state index in [1.165, 1.54) is 5.56 Å². The molecule has 0 aliphatic rings. The monoisotopic (exact) mass is 275 g/mol. The molecule has 2 aromatic heterocycles. The zero-order valence-corrected chi connectivity index (χ0v) is 12.1. The summed E-state index contributed by atoms with van der Waals surface area (Å²) in [6.07, 6.45) is 1.73. The van der Waals surface area contributed by atoms with Crippen LogP contribution in [0.3, 0.4) is 0 Å². The Labute approximate surface area is 117 Å². The molecular weight excluding hydrogens is 258 g/mol. The van der Waals surface area contributed by atoms with Crippen LogP contribution in [0.15, 0.2) is 18.3 Å². The van der Waals surface area contributed by atoms with E-state index in [1.807, 2.05) is 30.8 Å². The average Bonchev–Trinajstić information content (AvgIpc) is 2.62. The molecule has 100 valence electrons.